The van der Waals surface area contributed by atoms with Gasteiger partial charge in [0, 0.05) is 37.4 Å². The predicted octanol–water partition coefficient (Wildman–Crippen LogP) is 3.42. The van der Waals surface area contributed by atoms with Gasteiger partial charge in [0.25, 0.3) is 0 Å². The number of hydrogen-bond acceptors (Lipinski definition) is 3. The Morgan fingerprint density at radius 2 is 1.92 bits per heavy atom. The number of rotatable bonds is 8. The molecule has 0 saturated heterocycles. The molecule has 2 rings (SSSR count). The molecule has 134 valence electrons. The van der Waals surface area contributed by atoms with Crippen LogP contribution >= 0.6 is 11.8 Å². The maximum absolute atomic E-state index is 12.8. The normalized spacial score (nSPS) is 11.4. The Bertz CT molecular complexity index is 673. The molecule has 0 aliphatic rings. The van der Waals surface area contributed by atoms with Crippen LogP contribution in [0.2, 0.25) is 0 Å². The first-order chi connectivity index (χ1) is 12.2. The summed E-state index contributed by atoms with van der Waals surface area (Å²) in [5, 5.41) is 6.65. The summed E-state index contributed by atoms with van der Waals surface area (Å²) in [5.74, 6) is 1.60. The van der Waals surface area contributed by atoms with Gasteiger partial charge in [0.2, 0.25) is 0 Å². The van der Waals surface area contributed by atoms with Crippen molar-refractivity contribution in [3.63, 3.8) is 0 Å². The quantitative estimate of drug-likeness (QED) is 0.328. The van der Waals surface area contributed by atoms with Crippen molar-refractivity contribution in [2.45, 2.75) is 24.7 Å². The van der Waals surface area contributed by atoms with Gasteiger partial charge in [-0.2, -0.15) is 0 Å². The Labute approximate surface area is 153 Å². The third-order valence-corrected chi connectivity index (χ3v) is 4.84. The summed E-state index contributed by atoms with van der Waals surface area (Å²) >= 11 is 1.73. The first-order valence-corrected chi connectivity index (χ1v) is 9.40. The van der Waals surface area contributed by atoms with Crippen molar-refractivity contribution in [2.24, 2.45) is 4.99 Å². The van der Waals surface area contributed by atoms with Crippen LogP contribution in [0.1, 0.15) is 17.5 Å². The van der Waals surface area contributed by atoms with E-state index in [4.69, 9.17) is 0 Å². The standard InChI is InChI=1S/C19H25FN4S/c1-15-14-22-11-8-16(15)9-12-24-19(21-2)23-10-3-13-25-18-6-4-17(20)5-7-18/h4-8,11,14H,3,9-10,12-13H2,1-2H3,(H2,21,23,24). The zero-order chi connectivity index (χ0) is 17.9. The van der Waals surface area contributed by atoms with Crippen LogP contribution in [0.25, 0.3) is 0 Å². The van der Waals surface area contributed by atoms with Crippen LogP contribution in [0.5, 0.6) is 0 Å². The van der Waals surface area contributed by atoms with Gasteiger partial charge in [0.15, 0.2) is 5.96 Å². The summed E-state index contributed by atoms with van der Waals surface area (Å²) in [5.41, 5.74) is 2.51. The first-order valence-electron chi connectivity index (χ1n) is 8.41. The summed E-state index contributed by atoms with van der Waals surface area (Å²) in [6.45, 7) is 3.76. The fraction of sp³-hybridized carbons (Fsp3) is 0.368. The molecule has 25 heavy (non-hydrogen) atoms. The summed E-state index contributed by atoms with van der Waals surface area (Å²) in [6.07, 6.45) is 5.66. The highest BCUT2D eigenvalue weighted by Crippen LogP contribution is 2.18. The molecule has 0 atom stereocenters. The van der Waals surface area contributed by atoms with E-state index in [9.17, 15) is 4.39 Å². The van der Waals surface area contributed by atoms with Crippen LogP contribution in [0, 0.1) is 12.7 Å². The molecular formula is C19H25FN4S. The molecular weight excluding hydrogens is 335 g/mol. The molecule has 0 aliphatic carbocycles. The number of aryl methyl sites for hydroxylation is 1. The van der Waals surface area contributed by atoms with E-state index in [1.165, 1.54) is 23.3 Å². The van der Waals surface area contributed by atoms with Gasteiger partial charge in [0.05, 0.1) is 0 Å². The summed E-state index contributed by atoms with van der Waals surface area (Å²) in [4.78, 5) is 9.45. The molecule has 1 aromatic heterocycles. The maximum Gasteiger partial charge on any atom is 0.190 e. The minimum absolute atomic E-state index is 0.192. The molecule has 0 unspecified atom stereocenters. The fourth-order valence-corrected chi connectivity index (χ4v) is 3.17. The average Bonchev–Trinajstić information content (AvgIpc) is 2.63. The molecule has 2 N–H and O–H groups in total. The van der Waals surface area contributed by atoms with Crippen LogP contribution in [0.3, 0.4) is 0 Å². The van der Waals surface area contributed by atoms with Crippen LogP contribution in [-0.2, 0) is 6.42 Å². The molecule has 0 saturated carbocycles. The summed E-state index contributed by atoms with van der Waals surface area (Å²) in [6, 6.07) is 8.68. The van der Waals surface area contributed by atoms with Crippen molar-refractivity contribution in [3.05, 3.63) is 59.7 Å². The monoisotopic (exact) mass is 360 g/mol. The van der Waals surface area contributed by atoms with E-state index in [0.29, 0.717) is 0 Å². The topological polar surface area (TPSA) is 49.3 Å². The predicted molar refractivity (Wildman–Crippen MR) is 104 cm³/mol. The van der Waals surface area contributed by atoms with Crippen molar-refractivity contribution in [1.29, 1.82) is 0 Å². The molecule has 0 radical (unpaired) electrons. The van der Waals surface area contributed by atoms with Gasteiger partial charge in [-0.15, -0.1) is 11.8 Å². The molecule has 4 nitrogen and oxygen atoms in total. The lowest BCUT2D eigenvalue weighted by Gasteiger charge is -2.12. The first kappa shape index (κ1) is 19.2. The fourth-order valence-electron chi connectivity index (χ4n) is 2.32. The zero-order valence-electron chi connectivity index (χ0n) is 14.8. The van der Waals surface area contributed by atoms with Crippen molar-refractivity contribution in [1.82, 2.24) is 15.6 Å². The second-order valence-corrected chi connectivity index (χ2v) is 6.80. The minimum atomic E-state index is -0.192. The van der Waals surface area contributed by atoms with Gasteiger partial charge in [-0.05, 0) is 67.0 Å². The Hall–Kier alpha value is -2.08. The second-order valence-electron chi connectivity index (χ2n) is 5.63. The third kappa shape index (κ3) is 7.13. The number of thioether (sulfide) groups is 1. The van der Waals surface area contributed by atoms with E-state index in [-0.39, 0.29) is 5.82 Å². The van der Waals surface area contributed by atoms with Gasteiger partial charge in [0.1, 0.15) is 5.82 Å². The molecule has 0 fully saturated rings. The largest absolute Gasteiger partial charge is 0.356 e. The van der Waals surface area contributed by atoms with Crippen molar-refractivity contribution >= 4 is 17.7 Å². The Kier molecular flexibility index (Phi) is 8.25. The highest BCUT2D eigenvalue weighted by atomic mass is 32.2. The van der Waals surface area contributed by atoms with Crippen LogP contribution < -0.4 is 10.6 Å². The number of nitrogens with one attached hydrogen (secondary N) is 2. The second kappa shape index (κ2) is 10.7. The lowest BCUT2D eigenvalue weighted by atomic mass is 10.1. The van der Waals surface area contributed by atoms with Gasteiger partial charge in [-0.3, -0.25) is 9.98 Å². The molecule has 0 aliphatic heterocycles. The number of hydrogen-bond donors (Lipinski definition) is 2. The number of aromatic nitrogens is 1. The maximum atomic E-state index is 12.8. The van der Waals surface area contributed by atoms with Crippen LogP contribution in [0.15, 0.2) is 52.6 Å². The van der Waals surface area contributed by atoms with Gasteiger partial charge in [-0.1, -0.05) is 0 Å². The molecule has 6 heteroatoms. The SMILES string of the molecule is CN=C(NCCCSc1ccc(F)cc1)NCCc1ccncc1C. The highest BCUT2D eigenvalue weighted by molar-refractivity contribution is 7.99. The minimum Gasteiger partial charge on any atom is -0.356 e. The Morgan fingerprint density at radius 1 is 1.16 bits per heavy atom. The Morgan fingerprint density at radius 3 is 2.64 bits per heavy atom. The molecule has 0 spiro atoms. The van der Waals surface area contributed by atoms with E-state index in [0.717, 1.165) is 42.5 Å². The van der Waals surface area contributed by atoms with Crippen LogP contribution in [-0.4, -0.2) is 36.8 Å². The smallest absolute Gasteiger partial charge is 0.190 e. The van der Waals surface area contributed by atoms with Crippen molar-refractivity contribution in [2.75, 3.05) is 25.9 Å². The number of pyridine rings is 1. The molecule has 1 heterocycles. The molecule has 1 aromatic carbocycles. The zero-order valence-corrected chi connectivity index (χ0v) is 15.6. The van der Waals surface area contributed by atoms with E-state index < -0.39 is 0 Å². The summed E-state index contributed by atoms with van der Waals surface area (Å²) < 4.78 is 12.8. The highest BCUT2D eigenvalue weighted by Gasteiger charge is 2.00. The number of benzene rings is 1. The van der Waals surface area contributed by atoms with Crippen molar-refractivity contribution < 1.29 is 4.39 Å². The lowest BCUT2D eigenvalue weighted by Crippen LogP contribution is -2.38. The number of nitrogens with zero attached hydrogens (tertiary/aromatic N) is 2. The molecule has 0 bridgehead atoms. The van der Waals surface area contributed by atoms with Crippen molar-refractivity contribution in [3.8, 4) is 0 Å². The van der Waals surface area contributed by atoms with E-state index >= 15 is 0 Å². The van der Waals surface area contributed by atoms with E-state index in [1.54, 1.807) is 18.8 Å². The number of guanidine groups is 1. The number of halogens is 1. The lowest BCUT2D eigenvalue weighted by molar-refractivity contribution is 0.626. The van der Waals surface area contributed by atoms with Gasteiger partial charge >= 0.3 is 0 Å². The van der Waals surface area contributed by atoms with E-state index in [1.807, 2.05) is 24.5 Å². The molecule has 2 aromatic rings. The summed E-state index contributed by atoms with van der Waals surface area (Å²) in [7, 11) is 1.78. The molecule has 0 amide bonds. The average molecular weight is 361 g/mol. The number of aliphatic imine (C=N–C) groups is 1. The van der Waals surface area contributed by atoms with Crippen LogP contribution in [0.4, 0.5) is 4.39 Å². The third-order valence-electron chi connectivity index (χ3n) is 3.74. The van der Waals surface area contributed by atoms with E-state index in [2.05, 4.69) is 33.6 Å². The van der Waals surface area contributed by atoms with Gasteiger partial charge < -0.3 is 10.6 Å². The van der Waals surface area contributed by atoms with Gasteiger partial charge in [-0.25, -0.2) is 4.39 Å². The Balaban J connectivity index is 1.60.